The molecule has 3 aromatic heterocycles. The first-order valence-electron chi connectivity index (χ1n) is 6.29. The molecule has 0 fully saturated rings. The fraction of sp³-hybridized carbons (Fsp3) is 0.0667. The SMILES string of the molecule is Cn1cc(-c2ccccn2)nc1-c1cc(C(=O)O)ccn1. The van der Waals surface area contributed by atoms with Gasteiger partial charge in [0.25, 0.3) is 0 Å². The molecule has 21 heavy (non-hydrogen) atoms. The number of imidazole rings is 1. The summed E-state index contributed by atoms with van der Waals surface area (Å²) in [5, 5.41) is 9.04. The van der Waals surface area contributed by atoms with E-state index in [-0.39, 0.29) is 5.56 Å². The minimum absolute atomic E-state index is 0.183. The predicted octanol–water partition coefficient (Wildman–Crippen LogP) is 2.24. The van der Waals surface area contributed by atoms with Gasteiger partial charge in [0.1, 0.15) is 11.4 Å². The van der Waals surface area contributed by atoms with Crippen molar-refractivity contribution in [3.8, 4) is 22.9 Å². The maximum absolute atomic E-state index is 11.0. The van der Waals surface area contributed by atoms with Gasteiger partial charge >= 0.3 is 5.97 Å². The molecule has 0 saturated heterocycles. The molecule has 0 aliphatic heterocycles. The van der Waals surface area contributed by atoms with Gasteiger partial charge in [-0.15, -0.1) is 0 Å². The summed E-state index contributed by atoms with van der Waals surface area (Å²) in [7, 11) is 1.84. The smallest absolute Gasteiger partial charge is 0.335 e. The molecule has 0 saturated carbocycles. The molecule has 6 heteroatoms. The lowest BCUT2D eigenvalue weighted by Gasteiger charge is -2.01. The highest BCUT2D eigenvalue weighted by Crippen LogP contribution is 2.22. The monoisotopic (exact) mass is 280 g/mol. The maximum atomic E-state index is 11.0. The van der Waals surface area contributed by atoms with Crippen LogP contribution < -0.4 is 0 Å². The predicted molar refractivity (Wildman–Crippen MR) is 76.6 cm³/mol. The van der Waals surface area contributed by atoms with Crippen LogP contribution >= 0.6 is 0 Å². The number of pyridine rings is 2. The van der Waals surface area contributed by atoms with E-state index in [4.69, 9.17) is 5.11 Å². The first kappa shape index (κ1) is 13.0. The lowest BCUT2D eigenvalue weighted by molar-refractivity contribution is 0.0697. The van der Waals surface area contributed by atoms with E-state index in [1.807, 2.05) is 31.4 Å². The van der Waals surface area contributed by atoms with Crippen LogP contribution in [0.3, 0.4) is 0 Å². The number of nitrogens with zero attached hydrogens (tertiary/aromatic N) is 4. The van der Waals surface area contributed by atoms with E-state index in [1.165, 1.54) is 18.3 Å². The molecule has 0 bridgehead atoms. The second kappa shape index (κ2) is 5.16. The zero-order valence-electron chi connectivity index (χ0n) is 11.3. The summed E-state index contributed by atoms with van der Waals surface area (Å²) in [5.41, 5.74) is 2.17. The van der Waals surface area contributed by atoms with E-state index in [2.05, 4.69) is 15.0 Å². The summed E-state index contributed by atoms with van der Waals surface area (Å²) in [6, 6.07) is 8.56. The number of rotatable bonds is 3. The molecule has 0 spiro atoms. The molecule has 0 unspecified atom stereocenters. The summed E-state index contributed by atoms with van der Waals surface area (Å²) >= 11 is 0. The Kier molecular flexibility index (Phi) is 3.19. The summed E-state index contributed by atoms with van der Waals surface area (Å²) in [5.74, 6) is -0.392. The average Bonchev–Trinajstić information content (AvgIpc) is 2.90. The van der Waals surface area contributed by atoms with E-state index in [1.54, 1.807) is 10.8 Å². The topological polar surface area (TPSA) is 80.9 Å². The molecule has 3 heterocycles. The number of hydrogen-bond donors (Lipinski definition) is 1. The molecule has 0 atom stereocenters. The highest BCUT2D eigenvalue weighted by molar-refractivity contribution is 5.88. The molecule has 0 amide bonds. The van der Waals surface area contributed by atoms with Gasteiger partial charge in [-0.05, 0) is 24.3 Å². The summed E-state index contributed by atoms with van der Waals surface area (Å²) in [6.45, 7) is 0. The number of carboxylic acid groups (broad SMARTS) is 1. The standard InChI is InChI=1S/C15H12N4O2/c1-19-9-13(11-4-2-3-6-16-11)18-14(19)12-8-10(15(20)21)5-7-17-12/h2-9H,1H3,(H,20,21). The molecule has 104 valence electrons. The van der Waals surface area contributed by atoms with Crippen molar-refractivity contribution in [1.82, 2.24) is 19.5 Å². The Hall–Kier alpha value is -3.02. The van der Waals surface area contributed by atoms with Crippen molar-refractivity contribution >= 4 is 5.97 Å². The van der Waals surface area contributed by atoms with Crippen LogP contribution in [0.5, 0.6) is 0 Å². The zero-order valence-corrected chi connectivity index (χ0v) is 11.3. The van der Waals surface area contributed by atoms with Gasteiger partial charge in [0.15, 0.2) is 5.82 Å². The number of aromatic nitrogens is 4. The first-order valence-corrected chi connectivity index (χ1v) is 6.29. The number of aryl methyl sites for hydroxylation is 1. The van der Waals surface area contributed by atoms with Gasteiger partial charge in [-0.3, -0.25) is 9.97 Å². The van der Waals surface area contributed by atoms with Gasteiger partial charge < -0.3 is 9.67 Å². The Bertz CT molecular complexity index is 796. The molecule has 0 aromatic carbocycles. The molecule has 6 nitrogen and oxygen atoms in total. The Morgan fingerprint density at radius 2 is 1.90 bits per heavy atom. The van der Waals surface area contributed by atoms with Gasteiger partial charge in [-0.1, -0.05) is 6.07 Å². The lowest BCUT2D eigenvalue weighted by atomic mass is 10.2. The van der Waals surface area contributed by atoms with Gasteiger partial charge in [0.05, 0.1) is 11.3 Å². The third-order valence-electron chi connectivity index (χ3n) is 3.04. The maximum Gasteiger partial charge on any atom is 0.335 e. The molecule has 3 rings (SSSR count). The Balaban J connectivity index is 2.06. The van der Waals surface area contributed by atoms with Crippen LogP contribution in [0.25, 0.3) is 22.9 Å². The summed E-state index contributed by atoms with van der Waals surface area (Å²) < 4.78 is 1.80. The van der Waals surface area contributed by atoms with Crippen molar-refractivity contribution in [1.29, 1.82) is 0 Å². The highest BCUT2D eigenvalue weighted by Gasteiger charge is 2.13. The largest absolute Gasteiger partial charge is 0.478 e. The quantitative estimate of drug-likeness (QED) is 0.795. The Morgan fingerprint density at radius 1 is 1.10 bits per heavy atom. The molecular formula is C15H12N4O2. The molecular weight excluding hydrogens is 268 g/mol. The van der Waals surface area contributed by atoms with E-state index in [0.717, 1.165) is 11.4 Å². The van der Waals surface area contributed by atoms with Crippen molar-refractivity contribution in [3.63, 3.8) is 0 Å². The van der Waals surface area contributed by atoms with E-state index in [9.17, 15) is 4.79 Å². The van der Waals surface area contributed by atoms with E-state index >= 15 is 0 Å². The van der Waals surface area contributed by atoms with E-state index < -0.39 is 5.97 Å². The Labute approximate surface area is 120 Å². The summed E-state index contributed by atoms with van der Waals surface area (Å²) in [6.07, 6.45) is 5.01. The van der Waals surface area contributed by atoms with Crippen molar-refractivity contribution in [2.24, 2.45) is 7.05 Å². The van der Waals surface area contributed by atoms with Crippen molar-refractivity contribution in [2.45, 2.75) is 0 Å². The fourth-order valence-electron chi connectivity index (χ4n) is 2.03. The van der Waals surface area contributed by atoms with Gasteiger partial charge in [0, 0.05) is 25.6 Å². The van der Waals surface area contributed by atoms with Crippen LogP contribution in [-0.4, -0.2) is 30.6 Å². The van der Waals surface area contributed by atoms with Crippen LogP contribution in [0.2, 0.25) is 0 Å². The summed E-state index contributed by atoms with van der Waals surface area (Å²) in [4.78, 5) is 24.0. The minimum atomic E-state index is -0.988. The zero-order chi connectivity index (χ0) is 14.8. The molecule has 0 aliphatic rings. The second-order valence-electron chi connectivity index (χ2n) is 4.51. The fourth-order valence-corrected chi connectivity index (χ4v) is 2.03. The van der Waals surface area contributed by atoms with Crippen LogP contribution in [0, 0.1) is 0 Å². The highest BCUT2D eigenvalue weighted by atomic mass is 16.4. The van der Waals surface area contributed by atoms with Crippen LogP contribution in [-0.2, 0) is 7.05 Å². The van der Waals surface area contributed by atoms with Crippen molar-refractivity contribution in [2.75, 3.05) is 0 Å². The first-order chi connectivity index (χ1) is 10.1. The van der Waals surface area contributed by atoms with Crippen LogP contribution in [0.4, 0.5) is 0 Å². The van der Waals surface area contributed by atoms with Gasteiger partial charge in [-0.2, -0.15) is 0 Å². The molecule has 0 radical (unpaired) electrons. The number of carboxylic acids is 1. The average molecular weight is 280 g/mol. The third kappa shape index (κ3) is 2.51. The number of hydrogen-bond acceptors (Lipinski definition) is 4. The van der Waals surface area contributed by atoms with Gasteiger partial charge in [0.2, 0.25) is 0 Å². The molecule has 1 N–H and O–H groups in total. The van der Waals surface area contributed by atoms with E-state index in [0.29, 0.717) is 11.5 Å². The van der Waals surface area contributed by atoms with Crippen molar-refractivity contribution in [3.05, 3.63) is 54.5 Å². The lowest BCUT2D eigenvalue weighted by Crippen LogP contribution is -1.99. The normalized spacial score (nSPS) is 10.5. The Morgan fingerprint density at radius 3 is 2.62 bits per heavy atom. The molecule has 0 aliphatic carbocycles. The van der Waals surface area contributed by atoms with Crippen molar-refractivity contribution < 1.29 is 9.90 Å². The second-order valence-corrected chi connectivity index (χ2v) is 4.51. The third-order valence-corrected chi connectivity index (χ3v) is 3.04. The minimum Gasteiger partial charge on any atom is -0.478 e. The van der Waals surface area contributed by atoms with Crippen LogP contribution in [0.1, 0.15) is 10.4 Å². The number of aromatic carboxylic acids is 1. The van der Waals surface area contributed by atoms with Gasteiger partial charge in [-0.25, -0.2) is 9.78 Å². The number of carbonyl (C=O) groups is 1. The van der Waals surface area contributed by atoms with Crippen LogP contribution in [0.15, 0.2) is 48.9 Å². The molecule has 3 aromatic rings.